The third-order valence-electron chi connectivity index (χ3n) is 5.34. The van der Waals surface area contributed by atoms with E-state index < -0.39 is 24.4 Å². The number of halogens is 1. The molecule has 0 aliphatic heterocycles. The van der Waals surface area contributed by atoms with Gasteiger partial charge in [0.1, 0.15) is 30.9 Å². The second-order valence-corrected chi connectivity index (χ2v) is 8.02. The molecule has 0 saturated heterocycles. The van der Waals surface area contributed by atoms with E-state index in [0.717, 1.165) is 4.68 Å². The number of hydrogen-bond acceptors (Lipinski definition) is 10. The molecule has 0 saturated carbocycles. The number of nitrogens with two attached hydrogens (primary N) is 1. The number of esters is 1. The van der Waals surface area contributed by atoms with Gasteiger partial charge < -0.3 is 25.3 Å². The molecule has 0 amide bonds. The van der Waals surface area contributed by atoms with Crippen LogP contribution in [0.1, 0.15) is 29.9 Å². The average molecular weight is 537 g/mol. The lowest BCUT2D eigenvalue weighted by molar-refractivity contribution is -0.131. The number of methoxy groups -OCH3 is 1. The smallest absolute Gasteiger partial charge is 0.350 e. The van der Waals surface area contributed by atoms with Crippen molar-refractivity contribution in [1.82, 2.24) is 24.7 Å². The molecule has 0 bridgehead atoms. The molecule has 1 atom stereocenters. The van der Waals surface area contributed by atoms with Crippen LogP contribution in [-0.4, -0.2) is 56.9 Å². The first-order chi connectivity index (χ1) is 18.8. The Hall–Kier alpha value is -5.27. The van der Waals surface area contributed by atoms with Gasteiger partial charge in [0.25, 0.3) is 5.95 Å². The molecule has 13 nitrogen and oxygen atoms in total. The van der Waals surface area contributed by atoms with E-state index in [4.69, 9.17) is 25.4 Å². The third-order valence-corrected chi connectivity index (χ3v) is 5.34. The van der Waals surface area contributed by atoms with Crippen LogP contribution in [0.4, 0.5) is 10.1 Å². The van der Waals surface area contributed by atoms with Crippen molar-refractivity contribution in [2.45, 2.75) is 13.0 Å². The minimum atomic E-state index is -0.792. The van der Waals surface area contributed by atoms with Gasteiger partial charge in [-0.1, -0.05) is 6.07 Å². The number of anilines is 1. The Morgan fingerprint density at radius 2 is 1.95 bits per heavy atom. The Morgan fingerprint density at radius 1 is 1.18 bits per heavy atom. The van der Waals surface area contributed by atoms with Crippen molar-refractivity contribution in [1.29, 1.82) is 5.41 Å². The molecule has 39 heavy (non-hydrogen) atoms. The molecule has 0 aliphatic carbocycles. The van der Waals surface area contributed by atoms with Gasteiger partial charge in [-0.25, -0.2) is 19.2 Å². The molecule has 4 aromatic rings. The quantitative estimate of drug-likeness (QED) is 0.0958. The maximum atomic E-state index is 12.8. The number of aromatic amines is 1. The highest BCUT2D eigenvalue weighted by molar-refractivity contribution is 5.98. The summed E-state index contributed by atoms with van der Waals surface area (Å²) < 4.78 is 29.8. The number of ether oxygens (including phenoxy) is 3. The van der Waals surface area contributed by atoms with Crippen LogP contribution < -0.4 is 31.0 Å². The van der Waals surface area contributed by atoms with Crippen molar-refractivity contribution in [3.63, 3.8) is 0 Å². The van der Waals surface area contributed by atoms with E-state index in [1.165, 1.54) is 38.6 Å². The van der Waals surface area contributed by atoms with Crippen LogP contribution in [0.15, 0.2) is 59.7 Å². The Morgan fingerprint density at radius 3 is 2.62 bits per heavy atom. The predicted octanol–water partition coefficient (Wildman–Crippen LogP) is 2.12. The predicted molar refractivity (Wildman–Crippen MR) is 138 cm³/mol. The second kappa shape index (κ2) is 11.9. The van der Waals surface area contributed by atoms with Gasteiger partial charge in [0.15, 0.2) is 17.3 Å². The number of carbonyl (C=O) groups excluding carboxylic acids is 1. The molecule has 5 N–H and O–H groups in total. The molecule has 14 heteroatoms. The standard InChI is InChI=1S/C25H25FN8O5/c1-14(35)39-19-13-16(5-6-17(19)22(27)28)31-21(15-4-7-18(38-11-8-26)20(12-15)37-2)23-32-25(36)34(33-23)24-29-9-3-10-30-24/h3-7,9-10,12-13,21,31H,8,11H2,1-2H3,(H3,27,28)(H,32,33,36)/t21-/m0/s1. The summed E-state index contributed by atoms with van der Waals surface area (Å²) in [5, 5.41) is 15.4. The fourth-order valence-corrected chi connectivity index (χ4v) is 3.69. The molecule has 0 spiro atoms. The van der Waals surface area contributed by atoms with Crippen molar-refractivity contribution in [2.24, 2.45) is 5.73 Å². The largest absolute Gasteiger partial charge is 0.493 e. The van der Waals surface area contributed by atoms with Crippen molar-refractivity contribution in [3.05, 3.63) is 82.3 Å². The van der Waals surface area contributed by atoms with E-state index in [2.05, 4.69) is 25.4 Å². The molecule has 0 aliphatic rings. The van der Waals surface area contributed by atoms with Gasteiger partial charge in [-0.3, -0.25) is 15.2 Å². The first-order valence-electron chi connectivity index (χ1n) is 11.6. The number of H-pyrrole nitrogens is 1. The summed E-state index contributed by atoms with van der Waals surface area (Å²) in [5.41, 5.74) is 6.31. The summed E-state index contributed by atoms with van der Waals surface area (Å²) in [4.78, 5) is 35.3. The molecule has 2 aromatic carbocycles. The van der Waals surface area contributed by atoms with E-state index in [9.17, 15) is 14.0 Å². The van der Waals surface area contributed by atoms with Crippen LogP contribution in [0.3, 0.4) is 0 Å². The monoisotopic (exact) mass is 536 g/mol. The Balaban J connectivity index is 1.80. The van der Waals surface area contributed by atoms with Crippen LogP contribution in [0.25, 0.3) is 5.95 Å². The van der Waals surface area contributed by atoms with E-state index in [1.54, 1.807) is 30.3 Å². The van der Waals surface area contributed by atoms with E-state index in [1.807, 2.05) is 0 Å². The van der Waals surface area contributed by atoms with Gasteiger partial charge in [-0.05, 0) is 35.9 Å². The fourth-order valence-electron chi connectivity index (χ4n) is 3.69. The minimum Gasteiger partial charge on any atom is -0.493 e. The summed E-state index contributed by atoms with van der Waals surface area (Å²) in [6.07, 6.45) is 2.96. The number of amidine groups is 1. The number of rotatable bonds is 11. The van der Waals surface area contributed by atoms with Crippen molar-refractivity contribution in [3.8, 4) is 23.2 Å². The van der Waals surface area contributed by atoms with Gasteiger partial charge in [0, 0.05) is 31.1 Å². The highest BCUT2D eigenvalue weighted by Crippen LogP contribution is 2.34. The number of alkyl halides is 1. The number of hydrogen-bond donors (Lipinski definition) is 4. The summed E-state index contributed by atoms with van der Waals surface area (Å²) in [6.45, 7) is 0.415. The van der Waals surface area contributed by atoms with E-state index >= 15 is 0 Å². The van der Waals surface area contributed by atoms with Crippen molar-refractivity contribution in [2.75, 3.05) is 25.7 Å². The lowest BCUT2D eigenvalue weighted by Gasteiger charge is -2.21. The maximum absolute atomic E-state index is 12.8. The van der Waals surface area contributed by atoms with Crippen LogP contribution >= 0.6 is 0 Å². The molecule has 2 heterocycles. The minimum absolute atomic E-state index is 0.0688. The number of nitrogen functional groups attached to an aromatic ring is 1. The lowest BCUT2D eigenvalue weighted by atomic mass is 10.0. The number of carbonyl (C=O) groups is 1. The topological polar surface area (TPSA) is 183 Å². The van der Waals surface area contributed by atoms with Gasteiger partial charge >= 0.3 is 11.7 Å². The molecule has 202 valence electrons. The zero-order chi connectivity index (χ0) is 27.9. The van der Waals surface area contributed by atoms with Crippen LogP contribution in [0.2, 0.25) is 0 Å². The molecule has 0 unspecified atom stereocenters. The molecule has 0 fully saturated rings. The molecule has 2 aromatic heterocycles. The summed E-state index contributed by atoms with van der Waals surface area (Å²) in [6, 6.07) is 10.4. The normalized spacial score (nSPS) is 11.5. The number of nitrogens with one attached hydrogen (secondary N) is 3. The molecule has 0 radical (unpaired) electrons. The van der Waals surface area contributed by atoms with Gasteiger partial charge in [0.05, 0.1) is 12.7 Å². The first kappa shape index (κ1) is 26.8. The number of nitrogens with zero attached hydrogens (tertiary/aromatic N) is 4. The summed E-state index contributed by atoms with van der Waals surface area (Å²) in [5.74, 6) is 0.115. The zero-order valence-electron chi connectivity index (χ0n) is 21.0. The van der Waals surface area contributed by atoms with Gasteiger partial charge in [-0.15, -0.1) is 9.78 Å². The van der Waals surface area contributed by atoms with Gasteiger partial charge in [-0.2, -0.15) is 0 Å². The summed E-state index contributed by atoms with van der Waals surface area (Å²) in [7, 11) is 1.44. The van der Waals surface area contributed by atoms with Crippen molar-refractivity contribution >= 4 is 17.5 Å². The van der Waals surface area contributed by atoms with E-state index in [-0.39, 0.29) is 35.5 Å². The van der Waals surface area contributed by atoms with Crippen molar-refractivity contribution < 1.29 is 23.4 Å². The Bertz CT molecular complexity index is 1540. The number of benzene rings is 2. The maximum Gasteiger partial charge on any atom is 0.350 e. The SMILES string of the molecule is COc1cc([C@H](Nc2ccc(C(=N)N)c(OC(C)=O)c2)c2nn(-c3ncccn3)c(=O)[nH]2)ccc1OCCF. The second-order valence-electron chi connectivity index (χ2n) is 8.02. The van der Waals surface area contributed by atoms with Crippen LogP contribution in [0.5, 0.6) is 17.2 Å². The fraction of sp³-hybridized carbons (Fsp3) is 0.200. The highest BCUT2D eigenvalue weighted by atomic mass is 19.1. The third kappa shape index (κ3) is 6.18. The molecular formula is C25H25FN8O5. The van der Waals surface area contributed by atoms with E-state index in [0.29, 0.717) is 22.7 Å². The summed E-state index contributed by atoms with van der Waals surface area (Å²) >= 11 is 0. The van der Waals surface area contributed by atoms with Gasteiger partial charge in [0.2, 0.25) is 0 Å². The average Bonchev–Trinajstić information content (AvgIpc) is 3.31. The molecule has 4 rings (SSSR count). The van der Waals surface area contributed by atoms with Crippen LogP contribution in [0, 0.1) is 5.41 Å². The Labute approximate surface area is 221 Å². The first-order valence-corrected chi connectivity index (χ1v) is 11.6. The highest BCUT2D eigenvalue weighted by Gasteiger charge is 2.23. The van der Waals surface area contributed by atoms with Crippen LogP contribution in [-0.2, 0) is 4.79 Å². The molecular weight excluding hydrogens is 511 g/mol. The lowest BCUT2D eigenvalue weighted by Crippen LogP contribution is -2.18. The number of aromatic nitrogens is 5. The Kier molecular flexibility index (Phi) is 8.14. The zero-order valence-corrected chi connectivity index (χ0v) is 21.0.